The number of hydrogen-bond donors (Lipinski definition) is 2. The summed E-state index contributed by atoms with van der Waals surface area (Å²) in [6.07, 6.45) is 3.05. The number of halogens is 2. The quantitative estimate of drug-likeness (QED) is 0.547. The van der Waals surface area contributed by atoms with Crippen molar-refractivity contribution >= 4 is 29.4 Å². The van der Waals surface area contributed by atoms with Gasteiger partial charge in [0.05, 0.1) is 18.9 Å². The van der Waals surface area contributed by atoms with Crippen molar-refractivity contribution < 1.29 is 28.6 Å². The van der Waals surface area contributed by atoms with Crippen LogP contribution in [-0.4, -0.2) is 37.0 Å². The molecule has 1 saturated carbocycles. The number of nitrogens with one attached hydrogen (secondary N) is 1. The molecule has 166 valence electrons. The maximum atomic E-state index is 13.7. The minimum absolute atomic E-state index is 0.263. The van der Waals surface area contributed by atoms with Gasteiger partial charge in [-0.2, -0.15) is 0 Å². The standard InChI is InChI=1S/C23H25ClFNO5/c24-18-9-17(10-19(25)11-18)20-3-1-2-4-21(20)26-23(29)31-13-16-7-5-15(6-8-16)12-30-14-22(27)28/h1-4,9-11,15-16H,5-8,12-14H2,(H,26,29)(H,27,28)/t15-,16-. The van der Waals surface area contributed by atoms with E-state index in [1.165, 1.54) is 12.1 Å². The second-order valence-corrected chi connectivity index (χ2v) is 8.16. The second kappa shape index (κ2) is 11.1. The van der Waals surface area contributed by atoms with Gasteiger partial charge in [-0.25, -0.2) is 14.0 Å². The molecule has 1 amide bonds. The molecule has 1 fully saturated rings. The van der Waals surface area contributed by atoms with Crippen LogP contribution in [0.2, 0.25) is 5.02 Å². The molecule has 0 aliphatic heterocycles. The monoisotopic (exact) mass is 449 g/mol. The average molecular weight is 450 g/mol. The number of aliphatic carboxylic acids is 1. The third-order valence-electron chi connectivity index (χ3n) is 5.33. The van der Waals surface area contributed by atoms with E-state index in [2.05, 4.69) is 5.32 Å². The molecular formula is C23H25ClFNO5. The van der Waals surface area contributed by atoms with Crippen LogP contribution in [0, 0.1) is 17.7 Å². The van der Waals surface area contributed by atoms with E-state index in [1.54, 1.807) is 30.3 Å². The Kier molecular flexibility index (Phi) is 8.26. The summed E-state index contributed by atoms with van der Waals surface area (Å²) in [5.41, 5.74) is 1.71. The lowest BCUT2D eigenvalue weighted by Gasteiger charge is -2.27. The molecule has 0 spiro atoms. The van der Waals surface area contributed by atoms with Crippen molar-refractivity contribution in [1.82, 2.24) is 0 Å². The lowest BCUT2D eigenvalue weighted by molar-refractivity contribution is -0.142. The van der Waals surface area contributed by atoms with Crippen LogP contribution in [0.15, 0.2) is 42.5 Å². The summed E-state index contributed by atoms with van der Waals surface area (Å²) >= 11 is 5.96. The zero-order valence-corrected chi connectivity index (χ0v) is 17.7. The molecule has 0 unspecified atom stereocenters. The number of para-hydroxylation sites is 1. The number of benzene rings is 2. The molecule has 0 aromatic heterocycles. The van der Waals surface area contributed by atoms with Crippen molar-refractivity contribution in [3.8, 4) is 11.1 Å². The molecule has 8 heteroatoms. The molecule has 2 aromatic carbocycles. The normalized spacial score (nSPS) is 18.4. The van der Waals surface area contributed by atoms with Gasteiger partial charge in [0.15, 0.2) is 0 Å². The number of ether oxygens (including phenoxy) is 2. The first-order valence-corrected chi connectivity index (χ1v) is 10.6. The van der Waals surface area contributed by atoms with Gasteiger partial charge in [0.2, 0.25) is 0 Å². The number of anilines is 1. The van der Waals surface area contributed by atoms with Crippen molar-refractivity contribution in [3.05, 3.63) is 53.3 Å². The molecular weight excluding hydrogens is 425 g/mol. The summed E-state index contributed by atoms with van der Waals surface area (Å²) in [6, 6.07) is 11.3. The smallest absolute Gasteiger partial charge is 0.411 e. The summed E-state index contributed by atoms with van der Waals surface area (Å²) in [6.45, 7) is 0.482. The van der Waals surface area contributed by atoms with Gasteiger partial charge in [0.25, 0.3) is 0 Å². The fourth-order valence-corrected chi connectivity index (χ4v) is 3.99. The highest BCUT2D eigenvalue weighted by atomic mass is 35.5. The summed E-state index contributed by atoms with van der Waals surface area (Å²) in [7, 11) is 0. The van der Waals surface area contributed by atoms with Crippen molar-refractivity contribution in [3.63, 3.8) is 0 Å². The van der Waals surface area contributed by atoms with Crippen LogP contribution in [0.5, 0.6) is 0 Å². The third kappa shape index (κ3) is 7.22. The van der Waals surface area contributed by atoms with E-state index >= 15 is 0 Å². The summed E-state index contributed by atoms with van der Waals surface area (Å²) in [5, 5.41) is 11.6. The zero-order valence-electron chi connectivity index (χ0n) is 17.0. The van der Waals surface area contributed by atoms with Crippen molar-refractivity contribution in [2.24, 2.45) is 11.8 Å². The molecule has 2 aromatic rings. The zero-order chi connectivity index (χ0) is 22.2. The van der Waals surface area contributed by atoms with Crippen LogP contribution < -0.4 is 5.32 Å². The Balaban J connectivity index is 1.48. The number of carboxylic acids is 1. The van der Waals surface area contributed by atoms with Crippen molar-refractivity contribution in [2.75, 3.05) is 25.1 Å². The third-order valence-corrected chi connectivity index (χ3v) is 5.55. The van der Waals surface area contributed by atoms with Gasteiger partial charge in [-0.15, -0.1) is 0 Å². The maximum absolute atomic E-state index is 13.7. The van der Waals surface area contributed by atoms with Gasteiger partial charge in [-0.3, -0.25) is 5.32 Å². The first-order valence-electron chi connectivity index (χ1n) is 10.2. The van der Waals surface area contributed by atoms with Crippen LogP contribution in [0.3, 0.4) is 0 Å². The number of hydrogen-bond acceptors (Lipinski definition) is 4. The van der Waals surface area contributed by atoms with Crippen LogP contribution in [-0.2, 0) is 14.3 Å². The van der Waals surface area contributed by atoms with Gasteiger partial charge >= 0.3 is 12.1 Å². The van der Waals surface area contributed by atoms with Crippen LogP contribution in [0.1, 0.15) is 25.7 Å². The van der Waals surface area contributed by atoms with E-state index in [4.69, 9.17) is 26.2 Å². The van der Waals surface area contributed by atoms with Crippen LogP contribution in [0.25, 0.3) is 11.1 Å². The van der Waals surface area contributed by atoms with E-state index in [1.807, 2.05) is 0 Å². The highest BCUT2D eigenvalue weighted by Gasteiger charge is 2.23. The summed E-state index contributed by atoms with van der Waals surface area (Å²) in [5.74, 6) is -0.813. The lowest BCUT2D eigenvalue weighted by atomic mass is 9.83. The second-order valence-electron chi connectivity index (χ2n) is 7.72. The molecule has 0 heterocycles. The predicted octanol–water partition coefficient (Wildman–Crippen LogP) is 5.60. The molecule has 0 radical (unpaired) electrons. The van der Waals surface area contributed by atoms with Crippen LogP contribution in [0.4, 0.5) is 14.9 Å². The number of carbonyl (C=O) groups is 2. The maximum Gasteiger partial charge on any atom is 0.411 e. The molecule has 6 nitrogen and oxygen atoms in total. The fraction of sp³-hybridized carbons (Fsp3) is 0.391. The fourth-order valence-electron chi connectivity index (χ4n) is 3.77. The van der Waals surface area contributed by atoms with E-state index < -0.39 is 17.9 Å². The Hall–Kier alpha value is -2.64. The van der Waals surface area contributed by atoms with Crippen molar-refractivity contribution in [1.29, 1.82) is 0 Å². The highest BCUT2D eigenvalue weighted by Crippen LogP contribution is 2.31. The SMILES string of the molecule is O=C(O)COC[C@H]1CC[C@H](COC(=O)Nc2ccccc2-c2cc(F)cc(Cl)c2)CC1. The molecule has 31 heavy (non-hydrogen) atoms. The topological polar surface area (TPSA) is 84.9 Å². The Labute approximate surface area is 185 Å². The molecule has 0 bridgehead atoms. The predicted molar refractivity (Wildman–Crippen MR) is 116 cm³/mol. The molecule has 2 N–H and O–H groups in total. The first kappa shape index (κ1) is 23.0. The molecule has 0 atom stereocenters. The van der Waals surface area contributed by atoms with Gasteiger partial charge < -0.3 is 14.6 Å². The Morgan fingerprint density at radius 1 is 1.06 bits per heavy atom. The Morgan fingerprint density at radius 3 is 2.42 bits per heavy atom. The van der Waals surface area contributed by atoms with E-state index in [9.17, 15) is 14.0 Å². The number of carbonyl (C=O) groups excluding carboxylic acids is 1. The minimum atomic E-state index is -0.963. The molecule has 0 saturated heterocycles. The Morgan fingerprint density at radius 2 is 1.74 bits per heavy atom. The molecule has 1 aliphatic carbocycles. The largest absolute Gasteiger partial charge is 0.480 e. The highest BCUT2D eigenvalue weighted by molar-refractivity contribution is 6.30. The van der Waals surface area contributed by atoms with Crippen LogP contribution >= 0.6 is 11.6 Å². The van der Waals surface area contributed by atoms with Gasteiger partial charge in [0.1, 0.15) is 12.4 Å². The number of amides is 1. The summed E-state index contributed by atoms with van der Waals surface area (Å²) in [4.78, 5) is 22.8. The van der Waals surface area contributed by atoms with Crippen molar-refractivity contribution in [2.45, 2.75) is 25.7 Å². The minimum Gasteiger partial charge on any atom is -0.480 e. The number of carboxylic acid groups (broad SMARTS) is 1. The Bertz CT molecular complexity index is 894. The van der Waals surface area contributed by atoms with E-state index in [0.29, 0.717) is 35.9 Å². The average Bonchev–Trinajstić information content (AvgIpc) is 2.72. The number of rotatable bonds is 8. The first-order chi connectivity index (χ1) is 14.9. The lowest BCUT2D eigenvalue weighted by Crippen LogP contribution is -2.25. The summed E-state index contributed by atoms with van der Waals surface area (Å²) < 4.78 is 24.3. The molecule has 3 rings (SSSR count). The van der Waals surface area contributed by atoms with E-state index in [-0.39, 0.29) is 17.5 Å². The van der Waals surface area contributed by atoms with Gasteiger partial charge in [-0.1, -0.05) is 29.8 Å². The molecule has 1 aliphatic rings. The van der Waals surface area contributed by atoms with Gasteiger partial charge in [0, 0.05) is 10.6 Å². The van der Waals surface area contributed by atoms with E-state index in [0.717, 1.165) is 25.7 Å². The van der Waals surface area contributed by atoms with Gasteiger partial charge in [-0.05, 0) is 67.3 Å².